The van der Waals surface area contributed by atoms with Crippen molar-refractivity contribution < 1.29 is 4.39 Å². The van der Waals surface area contributed by atoms with Gasteiger partial charge in [0.2, 0.25) is 0 Å². The van der Waals surface area contributed by atoms with Crippen LogP contribution in [0.25, 0.3) is 22.6 Å². The van der Waals surface area contributed by atoms with Crippen LogP contribution in [0.3, 0.4) is 0 Å². The second-order valence-electron chi connectivity index (χ2n) is 4.89. The third-order valence-corrected chi connectivity index (χ3v) is 3.20. The van der Waals surface area contributed by atoms with Crippen LogP contribution >= 0.6 is 0 Å². The zero-order valence-corrected chi connectivity index (χ0v) is 11.8. The Morgan fingerprint density at radius 1 is 1.05 bits per heavy atom. The normalized spacial score (nSPS) is 10.6. The Morgan fingerprint density at radius 3 is 2.52 bits per heavy atom. The van der Waals surface area contributed by atoms with Crippen LogP contribution in [0.1, 0.15) is 0 Å². The average molecular weight is 282 g/mol. The second kappa shape index (κ2) is 5.36. The molecule has 1 N–H and O–H groups in total. The Bertz CT molecular complexity index is 751. The fraction of sp³-hybridized carbons (Fsp3) is 0.125. The number of rotatable bonds is 3. The maximum absolute atomic E-state index is 13.9. The lowest BCUT2D eigenvalue weighted by molar-refractivity contribution is 0.630. The highest BCUT2D eigenvalue weighted by Gasteiger charge is 2.14. The molecule has 0 radical (unpaired) electrons. The molecule has 1 aromatic carbocycles. The lowest BCUT2D eigenvalue weighted by Gasteiger charge is -2.16. The summed E-state index contributed by atoms with van der Waals surface area (Å²) in [6.07, 6.45) is 3.56. The number of nitrogens with zero attached hydrogens (tertiary/aromatic N) is 3. The lowest BCUT2D eigenvalue weighted by atomic mass is 10.1. The van der Waals surface area contributed by atoms with Crippen molar-refractivity contribution in [1.82, 2.24) is 15.0 Å². The van der Waals surface area contributed by atoms with E-state index in [2.05, 4.69) is 15.0 Å². The minimum Gasteiger partial charge on any atom is -0.362 e. The summed E-state index contributed by atoms with van der Waals surface area (Å²) in [4.78, 5) is 13.9. The zero-order chi connectivity index (χ0) is 14.8. The predicted molar refractivity (Wildman–Crippen MR) is 81.5 cm³/mol. The molecule has 2 aromatic heterocycles. The van der Waals surface area contributed by atoms with E-state index in [9.17, 15) is 4.39 Å². The minimum atomic E-state index is -0.324. The van der Waals surface area contributed by atoms with Gasteiger partial charge in [-0.25, -0.2) is 14.4 Å². The van der Waals surface area contributed by atoms with E-state index in [1.807, 2.05) is 37.3 Å². The maximum atomic E-state index is 13.9. The van der Waals surface area contributed by atoms with Crippen molar-refractivity contribution in [3.63, 3.8) is 0 Å². The van der Waals surface area contributed by atoms with Gasteiger partial charge in [-0.1, -0.05) is 12.1 Å². The molecule has 3 rings (SSSR count). The van der Waals surface area contributed by atoms with Crippen LogP contribution in [0.4, 0.5) is 10.2 Å². The van der Waals surface area contributed by atoms with E-state index in [1.165, 1.54) is 6.07 Å². The van der Waals surface area contributed by atoms with E-state index in [0.29, 0.717) is 11.4 Å². The number of hydrogen-bond acceptors (Lipinski definition) is 3. The summed E-state index contributed by atoms with van der Waals surface area (Å²) in [5, 5.41) is 0. The Morgan fingerprint density at radius 2 is 1.86 bits per heavy atom. The fourth-order valence-corrected chi connectivity index (χ4v) is 2.17. The molecule has 0 aliphatic rings. The van der Waals surface area contributed by atoms with Gasteiger partial charge in [0.1, 0.15) is 11.6 Å². The summed E-state index contributed by atoms with van der Waals surface area (Å²) in [6, 6.07) is 10.4. The summed E-state index contributed by atoms with van der Waals surface area (Å²) >= 11 is 0. The molecule has 5 heteroatoms. The Labute approximate surface area is 122 Å². The highest BCUT2D eigenvalue weighted by molar-refractivity contribution is 5.74. The zero-order valence-electron chi connectivity index (χ0n) is 11.8. The molecule has 0 aliphatic heterocycles. The van der Waals surface area contributed by atoms with Gasteiger partial charge in [0.25, 0.3) is 0 Å². The first-order valence-electron chi connectivity index (χ1n) is 6.60. The van der Waals surface area contributed by atoms with Crippen LogP contribution in [0.15, 0.2) is 48.8 Å². The topological polar surface area (TPSA) is 44.8 Å². The van der Waals surface area contributed by atoms with Crippen molar-refractivity contribution in [3.05, 3.63) is 54.6 Å². The Kier molecular flexibility index (Phi) is 3.39. The standard InChI is InChI=1S/C16H15FN4/c1-21(2)16-12(14-8-5-9-18-14)10-19-15(20-16)11-6-3-4-7-13(11)17/h3-10,18H,1-2H3. The highest BCUT2D eigenvalue weighted by atomic mass is 19.1. The minimum absolute atomic E-state index is 0.324. The van der Waals surface area contributed by atoms with Gasteiger partial charge in [0, 0.05) is 26.5 Å². The number of H-pyrrole nitrogens is 1. The van der Waals surface area contributed by atoms with E-state index in [-0.39, 0.29) is 5.82 Å². The van der Waals surface area contributed by atoms with Crippen LogP contribution < -0.4 is 4.90 Å². The smallest absolute Gasteiger partial charge is 0.164 e. The Balaban J connectivity index is 2.14. The molecule has 106 valence electrons. The van der Waals surface area contributed by atoms with Crippen LogP contribution in [0, 0.1) is 5.82 Å². The number of aromatic nitrogens is 3. The number of benzene rings is 1. The first kappa shape index (κ1) is 13.3. The molecule has 4 nitrogen and oxygen atoms in total. The van der Waals surface area contributed by atoms with Crippen LogP contribution in [0.2, 0.25) is 0 Å². The molecule has 0 spiro atoms. The van der Waals surface area contributed by atoms with Gasteiger partial charge in [0.15, 0.2) is 5.82 Å². The summed E-state index contributed by atoms with van der Waals surface area (Å²) in [5.74, 6) is 0.799. The maximum Gasteiger partial charge on any atom is 0.164 e. The van der Waals surface area contributed by atoms with E-state index >= 15 is 0 Å². The highest BCUT2D eigenvalue weighted by Crippen LogP contribution is 2.29. The van der Waals surface area contributed by atoms with Gasteiger partial charge in [-0.2, -0.15) is 0 Å². The average Bonchev–Trinajstić information content (AvgIpc) is 3.01. The van der Waals surface area contributed by atoms with Crippen molar-refractivity contribution >= 4 is 5.82 Å². The summed E-state index contributed by atoms with van der Waals surface area (Å²) in [7, 11) is 3.81. The molecule has 0 amide bonds. The van der Waals surface area contributed by atoms with Crippen LogP contribution in [-0.2, 0) is 0 Å². The molecule has 0 saturated carbocycles. The van der Waals surface area contributed by atoms with Gasteiger partial charge < -0.3 is 9.88 Å². The van der Waals surface area contributed by atoms with Crippen molar-refractivity contribution in [2.45, 2.75) is 0 Å². The molecule has 0 unspecified atom stereocenters. The van der Waals surface area contributed by atoms with Gasteiger partial charge in [-0.15, -0.1) is 0 Å². The molecule has 0 fully saturated rings. The molecule has 2 heterocycles. The Hall–Kier alpha value is -2.69. The van der Waals surface area contributed by atoms with Crippen LogP contribution in [0.5, 0.6) is 0 Å². The predicted octanol–water partition coefficient (Wildman–Crippen LogP) is 3.34. The number of anilines is 1. The molecule has 0 atom stereocenters. The van der Waals surface area contributed by atoms with Crippen molar-refractivity contribution in [1.29, 1.82) is 0 Å². The lowest BCUT2D eigenvalue weighted by Crippen LogP contribution is -2.13. The molecular weight excluding hydrogens is 267 g/mol. The van der Waals surface area contributed by atoms with Crippen LogP contribution in [-0.4, -0.2) is 29.0 Å². The van der Waals surface area contributed by atoms with E-state index in [4.69, 9.17) is 0 Å². The largest absolute Gasteiger partial charge is 0.362 e. The van der Waals surface area contributed by atoms with E-state index in [1.54, 1.807) is 24.4 Å². The molecule has 0 aliphatic carbocycles. The number of aromatic amines is 1. The third-order valence-electron chi connectivity index (χ3n) is 3.20. The van der Waals surface area contributed by atoms with Crippen molar-refractivity contribution in [3.8, 4) is 22.6 Å². The first-order chi connectivity index (χ1) is 10.2. The number of halogens is 1. The van der Waals surface area contributed by atoms with Gasteiger partial charge in [-0.3, -0.25) is 0 Å². The molecule has 0 saturated heterocycles. The molecular formula is C16H15FN4. The molecule has 21 heavy (non-hydrogen) atoms. The monoisotopic (exact) mass is 282 g/mol. The summed E-state index contributed by atoms with van der Waals surface area (Å²) in [6.45, 7) is 0. The summed E-state index contributed by atoms with van der Waals surface area (Å²) in [5.41, 5.74) is 2.21. The SMILES string of the molecule is CN(C)c1nc(-c2ccccc2F)ncc1-c1ccc[nH]1. The van der Waals surface area contributed by atoms with Crippen molar-refractivity contribution in [2.75, 3.05) is 19.0 Å². The third kappa shape index (κ3) is 2.50. The van der Waals surface area contributed by atoms with Gasteiger partial charge in [-0.05, 0) is 24.3 Å². The van der Waals surface area contributed by atoms with Gasteiger partial charge >= 0.3 is 0 Å². The summed E-state index contributed by atoms with van der Waals surface area (Å²) < 4.78 is 13.9. The molecule has 3 aromatic rings. The number of hydrogen-bond donors (Lipinski definition) is 1. The van der Waals surface area contributed by atoms with Crippen molar-refractivity contribution in [2.24, 2.45) is 0 Å². The first-order valence-corrected chi connectivity index (χ1v) is 6.60. The molecule has 0 bridgehead atoms. The number of nitrogens with one attached hydrogen (secondary N) is 1. The van der Waals surface area contributed by atoms with E-state index in [0.717, 1.165) is 17.1 Å². The quantitative estimate of drug-likeness (QED) is 0.801. The van der Waals surface area contributed by atoms with E-state index < -0.39 is 0 Å². The fourth-order valence-electron chi connectivity index (χ4n) is 2.17. The second-order valence-corrected chi connectivity index (χ2v) is 4.89. The van der Waals surface area contributed by atoms with Gasteiger partial charge in [0.05, 0.1) is 16.8 Å².